The molecule has 1 heterocycles. The zero-order valence-corrected chi connectivity index (χ0v) is 16.5. The topological polar surface area (TPSA) is 180 Å². The highest BCUT2D eigenvalue weighted by Crippen LogP contribution is 2.23. The Balaban J connectivity index is 2.01. The molecule has 0 aliphatic carbocycles. The summed E-state index contributed by atoms with van der Waals surface area (Å²) in [7, 11) is 0. The Morgan fingerprint density at radius 3 is 2.52 bits per heavy atom. The molecule has 1 aromatic heterocycles. The van der Waals surface area contributed by atoms with Gasteiger partial charge in [0.1, 0.15) is 5.69 Å². The molecule has 1 atom stereocenters. The van der Waals surface area contributed by atoms with Gasteiger partial charge in [0, 0.05) is 22.7 Å². The first kappa shape index (κ1) is 21.2. The molecule has 0 unspecified atom stereocenters. The van der Waals surface area contributed by atoms with Crippen molar-refractivity contribution < 1.29 is 14.6 Å². The maximum atomic E-state index is 12.8. The molecular weight excluding hydrogens is 406 g/mol. The lowest BCUT2D eigenvalue weighted by molar-refractivity contribution is -0.509. The number of nitro benzene ring substituents is 1. The minimum absolute atomic E-state index is 0.0601. The molecule has 31 heavy (non-hydrogen) atoms. The van der Waals surface area contributed by atoms with Gasteiger partial charge in [-0.1, -0.05) is 12.1 Å². The standard InChI is InChI=1S/C19H17N7O5/c1-10-3-4-11(2)14(7-10)23-19(27)17(24-20)18(26(30)31)16-9-21-13-6-5-12(25(28)29)8-15(13)22-16/h3-9,18H,20H2,1-2H3,(H,23,27)/b24-17+/t18-/m0/s1. The smallest absolute Gasteiger partial charge is 0.304 e. The highest BCUT2D eigenvalue weighted by molar-refractivity contribution is 6.44. The lowest BCUT2D eigenvalue weighted by Crippen LogP contribution is -2.34. The Labute approximate surface area is 175 Å². The third-order valence-electron chi connectivity index (χ3n) is 4.52. The Hall–Kier alpha value is -4.48. The van der Waals surface area contributed by atoms with Gasteiger partial charge in [0.05, 0.1) is 22.2 Å². The molecule has 12 nitrogen and oxygen atoms in total. The number of nitrogens with zero attached hydrogens (tertiary/aromatic N) is 5. The van der Waals surface area contributed by atoms with E-state index in [1.165, 1.54) is 12.1 Å². The number of benzene rings is 2. The summed E-state index contributed by atoms with van der Waals surface area (Å²) in [5.41, 5.74) is 1.34. The average molecular weight is 423 g/mol. The van der Waals surface area contributed by atoms with E-state index in [2.05, 4.69) is 20.4 Å². The summed E-state index contributed by atoms with van der Waals surface area (Å²) in [6.45, 7) is 3.59. The number of hydrogen-bond donors (Lipinski definition) is 2. The number of anilines is 1. The molecule has 0 radical (unpaired) electrons. The third-order valence-corrected chi connectivity index (χ3v) is 4.52. The fourth-order valence-electron chi connectivity index (χ4n) is 2.92. The van der Waals surface area contributed by atoms with E-state index < -0.39 is 27.5 Å². The molecule has 0 saturated heterocycles. The van der Waals surface area contributed by atoms with Crippen LogP contribution < -0.4 is 11.2 Å². The third kappa shape index (κ3) is 4.42. The maximum absolute atomic E-state index is 12.8. The summed E-state index contributed by atoms with van der Waals surface area (Å²) >= 11 is 0. The lowest BCUT2D eigenvalue weighted by Gasteiger charge is -2.13. The minimum atomic E-state index is -1.83. The molecule has 0 bridgehead atoms. The first-order chi connectivity index (χ1) is 14.7. The number of amides is 1. The number of aromatic nitrogens is 2. The largest absolute Gasteiger partial charge is 0.323 e. The molecule has 3 aromatic rings. The summed E-state index contributed by atoms with van der Waals surface area (Å²) in [6, 6.07) is 7.27. The summed E-state index contributed by atoms with van der Waals surface area (Å²) in [4.78, 5) is 42.3. The van der Waals surface area contributed by atoms with Crippen LogP contribution in [0.3, 0.4) is 0 Å². The normalized spacial score (nSPS) is 12.4. The Kier molecular flexibility index (Phi) is 5.81. The number of rotatable bonds is 6. The number of hydrazone groups is 1. The van der Waals surface area contributed by atoms with Crippen LogP contribution in [0.5, 0.6) is 0 Å². The van der Waals surface area contributed by atoms with Gasteiger partial charge in [-0.25, -0.2) is 4.98 Å². The summed E-state index contributed by atoms with van der Waals surface area (Å²) in [6.07, 6.45) is 1.11. The van der Waals surface area contributed by atoms with Gasteiger partial charge in [0.15, 0.2) is 0 Å². The second-order valence-corrected chi connectivity index (χ2v) is 6.70. The molecule has 158 valence electrons. The average Bonchev–Trinajstić information content (AvgIpc) is 2.73. The minimum Gasteiger partial charge on any atom is -0.323 e. The highest BCUT2D eigenvalue weighted by Gasteiger charge is 2.37. The van der Waals surface area contributed by atoms with Gasteiger partial charge in [0.2, 0.25) is 5.71 Å². The van der Waals surface area contributed by atoms with Crippen molar-refractivity contribution in [2.75, 3.05) is 5.32 Å². The number of non-ortho nitro benzene ring substituents is 1. The second kappa shape index (κ2) is 8.49. The van der Waals surface area contributed by atoms with Gasteiger partial charge in [-0.3, -0.25) is 30.0 Å². The molecule has 0 aliphatic heterocycles. The van der Waals surface area contributed by atoms with Crippen molar-refractivity contribution in [3.63, 3.8) is 0 Å². The summed E-state index contributed by atoms with van der Waals surface area (Å²) in [5, 5.41) is 28.7. The first-order valence-electron chi connectivity index (χ1n) is 8.92. The zero-order chi connectivity index (χ0) is 22.7. The van der Waals surface area contributed by atoms with Gasteiger partial charge >= 0.3 is 6.04 Å². The van der Waals surface area contributed by atoms with E-state index in [9.17, 15) is 25.0 Å². The number of nitrogens with one attached hydrogen (secondary N) is 1. The first-order valence-corrected chi connectivity index (χ1v) is 8.92. The van der Waals surface area contributed by atoms with E-state index in [0.29, 0.717) is 11.2 Å². The van der Waals surface area contributed by atoms with Crippen molar-refractivity contribution in [3.8, 4) is 0 Å². The Bertz CT molecular complexity index is 1240. The van der Waals surface area contributed by atoms with Crippen LogP contribution in [0.4, 0.5) is 11.4 Å². The van der Waals surface area contributed by atoms with E-state index in [0.717, 1.165) is 23.4 Å². The molecule has 3 rings (SSSR count). The predicted molar refractivity (Wildman–Crippen MR) is 112 cm³/mol. The van der Waals surface area contributed by atoms with E-state index in [4.69, 9.17) is 5.84 Å². The quantitative estimate of drug-likeness (QED) is 0.262. The van der Waals surface area contributed by atoms with Crippen LogP contribution in [0.15, 0.2) is 47.7 Å². The van der Waals surface area contributed by atoms with Crippen molar-refractivity contribution in [2.45, 2.75) is 19.9 Å². The molecule has 1 amide bonds. The van der Waals surface area contributed by atoms with Gasteiger partial charge in [-0.15, -0.1) is 0 Å². The lowest BCUT2D eigenvalue weighted by atomic mass is 10.1. The van der Waals surface area contributed by atoms with Crippen molar-refractivity contribution in [1.29, 1.82) is 0 Å². The van der Waals surface area contributed by atoms with E-state index >= 15 is 0 Å². The number of carbonyl (C=O) groups is 1. The molecule has 2 aromatic carbocycles. The van der Waals surface area contributed by atoms with Crippen LogP contribution >= 0.6 is 0 Å². The van der Waals surface area contributed by atoms with Crippen molar-refractivity contribution in [3.05, 3.63) is 79.6 Å². The maximum Gasteiger partial charge on any atom is 0.304 e. The Morgan fingerprint density at radius 2 is 1.87 bits per heavy atom. The fraction of sp³-hybridized carbons (Fsp3) is 0.158. The predicted octanol–water partition coefficient (Wildman–Crippen LogP) is 2.43. The molecule has 0 fully saturated rings. The zero-order valence-electron chi connectivity index (χ0n) is 16.5. The number of nitro groups is 2. The molecule has 12 heteroatoms. The molecule has 0 aliphatic rings. The van der Waals surface area contributed by atoms with Crippen LogP contribution in [-0.2, 0) is 4.79 Å². The molecule has 0 spiro atoms. The number of aryl methyl sites for hydroxylation is 2. The van der Waals surface area contributed by atoms with Gasteiger partial charge in [-0.05, 0) is 37.1 Å². The van der Waals surface area contributed by atoms with Crippen LogP contribution in [0.1, 0.15) is 22.9 Å². The highest BCUT2D eigenvalue weighted by atomic mass is 16.6. The van der Waals surface area contributed by atoms with Gasteiger partial charge in [0.25, 0.3) is 11.6 Å². The van der Waals surface area contributed by atoms with Crippen molar-refractivity contribution in [1.82, 2.24) is 9.97 Å². The SMILES string of the molecule is Cc1ccc(C)c(NC(=O)/C(=N/N)[C@H](c2cnc3ccc([N+](=O)[O-])cc3n2)[N+](=O)[O-])c1. The number of carbonyl (C=O) groups excluding carboxylic acids is 1. The van der Waals surface area contributed by atoms with E-state index in [1.54, 1.807) is 19.1 Å². The fourth-order valence-corrected chi connectivity index (χ4v) is 2.92. The van der Waals surface area contributed by atoms with Crippen molar-refractivity contribution >= 4 is 34.0 Å². The van der Waals surface area contributed by atoms with Gasteiger partial charge in [-0.2, -0.15) is 5.10 Å². The van der Waals surface area contributed by atoms with Gasteiger partial charge < -0.3 is 11.2 Å². The van der Waals surface area contributed by atoms with Crippen LogP contribution in [0.2, 0.25) is 0 Å². The summed E-state index contributed by atoms with van der Waals surface area (Å²) in [5.74, 6) is 4.46. The monoisotopic (exact) mass is 423 g/mol. The summed E-state index contributed by atoms with van der Waals surface area (Å²) < 4.78 is 0. The number of fused-ring (bicyclic) bond motifs is 1. The van der Waals surface area contributed by atoms with E-state index in [-0.39, 0.29) is 16.9 Å². The second-order valence-electron chi connectivity index (χ2n) is 6.70. The molecule has 0 saturated carbocycles. The number of hydrogen-bond acceptors (Lipinski definition) is 9. The molecule has 3 N–H and O–H groups in total. The Morgan fingerprint density at radius 1 is 1.13 bits per heavy atom. The molecular formula is C19H17N7O5. The van der Waals surface area contributed by atoms with Crippen LogP contribution in [-0.4, -0.2) is 31.4 Å². The van der Waals surface area contributed by atoms with Crippen LogP contribution in [0.25, 0.3) is 11.0 Å². The number of nitrogens with two attached hydrogens (primary N) is 1. The van der Waals surface area contributed by atoms with Crippen molar-refractivity contribution in [2.24, 2.45) is 10.9 Å². The van der Waals surface area contributed by atoms with E-state index in [1.807, 2.05) is 13.0 Å². The van der Waals surface area contributed by atoms with Crippen LogP contribution in [0, 0.1) is 34.1 Å².